The van der Waals surface area contributed by atoms with Crippen molar-refractivity contribution in [2.24, 2.45) is 5.41 Å². The normalized spacial score (nSPS) is 17.0. The van der Waals surface area contributed by atoms with Gasteiger partial charge in [0.2, 0.25) is 5.91 Å². The van der Waals surface area contributed by atoms with Crippen molar-refractivity contribution in [2.75, 3.05) is 18.9 Å². The average Bonchev–Trinajstić information content (AvgIpc) is 3.02. The fourth-order valence-electron chi connectivity index (χ4n) is 3.52. The number of aromatic nitrogens is 2. The van der Waals surface area contributed by atoms with Crippen LogP contribution in [0.25, 0.3) is 11.0 Å². The number of amides is 1. The Balaban J connectivity index is 1.49. The van der Waals surface area contributed by atoms with Crippen LogP contribution in [0, 0.1) is 5.41 Å². The summed E-state index contributed by atoms with van der Waals surface area (Å²) in [6.07, 6.45) is 6.65. The lowest BCUT2D eigenvalue weighted by molar-refractivity contribution is -0.119. The molecule has 1 aliphatic rings. The zero-order valence-corrected chi connectivity index (χ0v) is 14.7. The number of carbonyl (C=O) groups excluding carboxylic acids is 1. The molecule has 0 radical (unpaired) electrons. The van der Waals surface area contributed by atoms with Gasteiger partial charge in [0, 0.05) is 13.2 Å². The lowest BCUT2D eigenvalue weighted by Gasteiger charge is -2.37. The van der Waals surface area contributed by atoms with Gasteiger partial charge in [-0.15, -0.1) is 0 Å². The molecule has 1 aromatic carbocycles. The van der Waals surface area contributed by atoms with Crippen molar-refractivity contribution >= 4 is 28.7 Å². The number of nitrogens with one attached hydrogen (secondary N) is 2. The van der Waals surface area contributed by atoms with E-state index in [-0.39, 0.29) is 17.9 Å². The van der Waals surface area contributed by atoms with E-state index in [0.29, 0.717) is 12.3 Å². The van der Waals surface area contributed by atoms with Crippen LogP contribution in [0.3, 0.4) is 0 Å². The number of aliphatic hydroxyl groups is 1. The lowest BCUT2D eigenvalue weighted by Crippen LogP contribution is -2.40. The van der Waals surface area contributed by atoms with Gasteiger partial charge in [-0.05, 0) is 36.8 Å². The maximum atomic E-state index is 12.2. The Morgan fingerprint density at radius 3 is 2.83 bits per heavy atom. The third kappa shape index (κ3) is 4.30. The van der Waals surface area contributed by atoms with Crippen LogP contribution in [-0.4, -0.2) is 39.9 Å². The first-order chi connectivity index (χ1) is 11.7. The van der Waals surface area contributed by atoms with Gasteiger partial charge in [-0.1, -0.05) is 43.2 Å². The van der Waals surface area contributed by atoms with Crippen LogP contribution in [0.15, 0.2) is 29.4 Å². The van der Waals surface area contributed by atoms with Crippen LogP contribution >= 0.6 is 11.8 Å². The third-order valence-corrected chi connectivity index (χ3v) is 5.80. The molecule has 1 heterocycles. The molecule has 3 rings (SSSR count). The molecule has 1 saturated carbocycles. The number of fused-ring (bicyclic) bond motifs is 1. The molecule has 2 aromatic rings. The Hall–Kier alpha value is -1.53. The second-order valence-electron chi connectivity index (χ2n) is 6.66. The average molecular weight is 347 g/mol. The monoisotopic (exact) mass is 347 g/mol. The second kappa shape index (κ2) is 8.03. The maximum Gasteiger partial charge on any atom is 0.230 e. The third-order valence-electron chi connectivity index (χ3n) is 4.92. The molecule has 0 spiro atoms. The van der Waals surface area contributed by atoms with E-state index in [9.17, 15) is 9.90 Å². The van der Waals surface area contributed by atoms with Gasteiger partial charge in [-0.25, -0.2) is 4.98 Å². The molecule has 0 atom stereocenters. The number of nitrogens with zero attached hydrogens (tertiary/aromatic N) is 1. The molecule has 130 valence electrons. The molecule has 1 fully saturated rings. The summed E-state index contributed by atoms with van der Waals surface area (Å²) in [6.45, 7) is 0.872. The molecule has 0 aliphatic heterocycles. The number of rotatable bonds is 7. The van der Waals surface area contributed by atoms with Crippen molar-refractivity contribution in [2.45, 2.75) is 43.7 Å². The summed E-state index contributed by atoms with van der Waals surface area (Å²) in [4.78, 5) is 19.9. The number of imidazole rings is 1. The Morgan fingerprint density at radius 1 is 1.29 bits per heavy atom. The first kappa shape index (κ1) is 17.3. The van der Waals surface area contributed by atoms with Crippen LogP contribution in [0.1, 0.15) is 38.5 Å². The molecule has 0 bridgehead atoms. The van der Waals surface area contributed by atoms with Crippen molar-refractivity contribution in [1.82, 2.24) is 15.3 Å². The molecule has 24 heavy (non-hydrogen) atoms. The number of H-pyrrole nitrogens is 1. The molecule has 0 saturated heterocycles. The van der Waals surface area contributed by atoms with Crippen molar-refractivity contribution in [3.63, 3.8) is 0 Å². The predicted molar refractivity (Wildman–Crippen MR) is 97.0 cm³/mol. The van der Waals surface area contributed by atoms with Crippen LogP contribution in [-0.2, 0) is 4.79 Å². The number of thioether (sulfide) groups is 1. The number of benzene rings is 1. The van der Waals surface area contributed by atoms with E-state index in [4.69, 9.17) is 0 Å². The zero-order chi connectivity index (χ0) is 16.8. The van der Waals surface area contributed by atoms with E-state index >= 15 is 0 Å². The van der Waals surface area contributed by atoms with Crippen molar-refractivity contribution in [3.05, 3.63) is 24.3 Å². The van der Waals surface area contributed by atoms with Gasteiger partial charge in [0.25, 0.3) is 0 Å². The molecule has 1 aliphatic carbocycles. The number of carbonyl (C=O) groups is 1. The summed E-state index contributed by atoms with van der Waals surface area (Å²) in [5, 5.41) is 13.2. The summed E-state index contributed by atoms with van der Waals surface area (Å²) >= 11 is 1.43. The largest absolute Gasteiger partial charge is 0.396 e. The summed E-state index contributed by atoms with van der Waals surface area (Å²) in [6, 6.07) is 7.85. The van der Waals surface area contributed by atoms with Crippen molar-refractivity contribution in [3.8, 4) is 0 Å². The maximum absolute atomic E-state index is 12.2. The highest BCUT2D eigenvalue weighted by Gasteiger charge is 2.31. The zero-order valence-electron chi connectivity index (χ0n) is 13.9. The number of hydrogen-bond donors (Lipinski definition) is 3. The first-order valence-electron chi connectivity index (χ1n) is 8.66. The highest BCUT2D eigenvalue weighted by atomic mass is 32.2. The van der Waals surface area contributed by atoms with E-state index in [2.05, 4.69) is 15.3 Å². The fourth-order valence-corrected chi connectivity index (χ4v) is 4.24. The number of aromatic amines is 1. The van der Waals surface area contributed by atoms with E-state index in [0.717, 1.165) is 35.5 Å². The van der Waals surface area contributed by atoms with Crippen LogP contribution in [0.4, 0.5) is 0 Å². The van der Waals surface area contributed by atoms with E-state index in [1.54, 1.807) is 0 Å². The Bertz CT molecular complexity index is 641. The molecule has 5 nitrogen and oxygen atoms in total. The minimum atomic E-state index is 0.0309. The number of aliphatic hydroxyl groups excluding tert-OH is 1. The summed E-state index contributed by atoms with van der Waals surface area (Å²) in [5.41, 5.74) is 2.00. The van der Waals surface area contributed by atoms with E-state index < -0.39 is 0 Å². The summed E-state index contributed by atoms with van der Waals surface area (Å²) < 4.78 is 0. The van der Waals surface area contributed by atoms with Crippen LogP contribution in [0.5, 0.6) is 0 Å². The van der Waals surface area contributed by atoms with Gasteiger partial charge in [0.1, 0.15) is 0 Å². The van der Waals surface area contributed by atoms with Gasteiger partial charge in [0.05, 0.1) is 16.8 Å². The summed E-state index contributed by atoms with van der Waals surface area (Å²) in [7, 11) is 0. The smallest absolute Gasteiger partial charge is 0.230 e. The molecular formula is C18H25N3O2S. The van der Waals surface area contributed by atoms with Crippen LogP contribution < -0.4 is 5.32 Å². The second-order valence-corrected chi connectivity index (χ2v) is 7.62. The van der Waals surface area contributed by atoms with Gasteiger partial charge >= 0.3 is 0 Å². The van der Waals surface area contributed by atoms with Gasteiger partial charge in [0.15, 0.2) is 5.16 Å². The number of para-hydroxylation sites is 2. The molecule has 3 N–H and O–H groups in total. The molecular weight excluding hydrogens is 322 g/mol. The molecule has 0 unspecified atom stereocenters. The highest BCUT2D eigenvalue weighted by Crippen LogP contribution is 2.38. The van der Waals surface area contributed by atoms with Gasteiger partial charge < -0.3 is 15.4 Å². The predicted octanol–water partition coefficient (Wildman–Crippen LogP) is 3.10. The van der Waals surface area contributed by atoms with E-state index in [1.807, 2.05) is 24.3 Å². The standard InChI is InChI=1S/C18H25N3O2S/c22-11-10-18(8-4-1-5-9-18)13-19-16(23)12-24-17-20-14-6-2-3-7-15(14)21-17/h2-3,6-7,22H,1,4-5,8-13H2,(H,19,23)(H,20,21). The summed E-state index contributed by atoms with van der Waals surface area (Å²) in [5.74, 6) is 0.387. The topological polar surface area (TPSA) is 78.0 Å². The Morgan fingerprint density at radius 2 is 2.08 bits per heavy atom. The first-order valence-corrected chi connectivity index (χ1v) is 9.64. The van der Waals surface area contributed by atoms with Crippen LogP contribution in [0.2, 0.25) is 0 Å². The molecule has 1 amide bonds. The lowest BCUT2D eigenvalue weighted by atomic mass is 9.72. The van der Waals surface area contributed by atoms with Crippen molar-refractivity contribution in [1.29, 1.82) is 0 Å². The van der Waals surface area contributed by atoms with Gasteiger partial charge in [-0.3, -0.25) is 4.79 Å². The molecule has 1 aromatic heterocycles. The molecule has 6 heteroatoms. The minimum Gasteiger partial charge on any atom is -0.396 e. The number of hydrogen-bond acceptors (Lipinski definition) is 4. The quantitative estimate of drug-likeness (QED) is 0.673. The minimum absolute atomic E-state index is 0.0309. The fraction of sp³-hybridized carbons (Fsp3) is 0.556. The van der Waals surface area contributed by atoms with Crippen molar-refractivity contribution < 1.29 is 9.90 Å². The van der Waals surface area contributed by atoms with Gasteiger partial charge in [-0.2, -0.15) is 0 Å². The Kier molecular flexibility index (Phi) is 5.79. The Labute approximate surface area is 146 Å². The highest BCUT2D eigenvalue weighted by molar-refractivity contribution is 7.99. The SMILES string of the molecule is O=C(CSc1nc2ccccc2[nH]1)NCC1(CCO)CCCCC1. The van der Waals surface area contributed by atoms with E-state index in [1.165, 1.54) is 31.0 Å².